The predicted molar refractivity (Wildman–Crippen MR) is 108 cm³/mol. The van der Waals surface area contributed by atoms with Crippen molar-refractivity contribution < 1.29 is 29.0 Å². The van der Waals surface area contributed by atoms with Crippen LogP contribution in [0.25, 0.3) is 5.57 Å². The first-order valence-electron chi connectivity index (χ1n) is 8.89. The van der Waals surface area contributed by atoms with Crippen molar-refractivity contribution >= 4 is 23.6 Å². The van der Waals surface area contributed by atoms with Crippen LogP contribution in [-0.4, -0.2) is 42.2 Å². The minimum Gasteiger partial charge on any atom is -0.530 e. The van der Waals surface area contributed by atoms with Crippen molar-refractivity contribution in [2.24, 2.45) is 0 Å². The molecule has 0 atom stereocenters. The fourth-order valence-electron chi connectivity index (χ4n) is 2.81. The molecule has 0 fully saturated rings. The molecule has 7 nitrogen and oxygen atoms in total. The standard InChI is InChI=1S/C22H27NO6/c1-7-19(24)28-13-18(14-29-20(25)8-2)23(21(26)27)22(5,6)17-11-9-16(10-12-17)15(3)4/h7-12,18H,1-3,13-14H2,4-6H3,(H,26,27)/p-1. The van der Waals surface area contributed by atoms with Gasteiger partial charge in [0.15, 0.2) is 0 Å². The molecular formula is C22H26NO6-. The van der Waals surface area contributed by atoms with E-state index in [-0.39, 0.29) is 13.2 Å². The molecule has 0 aromatic heterocycles. The number of hydrogen-bond donors (Lipinski definition) is 0. The second-order valence-corrected chi connectivity index (χ2v) is 6.87. The van der Waals surface area contributed by atoms with E-state index in [0.717, 1.165) is 28.2 Å². The van der Waals surface area contributed by atoms with Gasteiger partial charge >= 0.3 is 11.9 Å². The maximum absolute atomic E-state index is 12.0. The summed E-state index contributed by atoms with van der Waals surface area (Å²) in [7, 11) is 0. The van der Waals surface area contributed by atoms with E-state index in [4.69, 9.17) is 9.47 Å². The molecule has 0 aliphatic heterocycles. The number of esters is 2. The normalized spacial score (nSPS) is 10.8. The first kappa shape index (κ1) is 23.7. The molecule has 0 N–H and O–H groups in total. The first-order chi connectivity index (χ1) is 13.5. The molecular weight excluding hydrogens is 374 g/mol. The molecule has 1 amide bonds. The lowest BCUT2D eigenvalue weighted by molar-refractivity contribution is -0.276. The van der Waals surface area contributed by atoms with Crippen molar-refractivity contribution in [1.29, 1.82) is 0 Å². The number of carboxylic acid groups (broad SMARTS) is 1. The summed E-state index contributed by atoms with van der Waals surface area (Å²) in [5, 5.41) is 12.0. The van der Waals surface area contributed by atoms with Crippen LogP contribution in [0, 0.1) is 0 Å². The summed E-state index contributed by atoms with van der Waals surface area (Å²) in [6.45, 7) is 15.0. The molecule has 0 bridgehead atoms. The maximum Gasteiger partial charge on any atom is 0.330 e. The Morgan fingerprint density at radius 1 is 1.07 bits per heavy atom. The summed E-state index contributed by atoms with van der Waals surface area (Å²) in [5.74, 6) is -1.46. The van der Waals surface area contributed by atoms with Gasteiger partial charge in [-0.15, -0.1) is 0 Å². The molecule has 0 saturated heterocycles. The van der Waals surface area contributed by atoms with E-state index in [0.29, 0.717) is 5.56 Å². The topological polar surface area (TPSA) is 96.0 Å². The van der Waals surface area contributed by atoms with Crippen molar-refractivity contribution in [2.75, 3.05) is 13.2 Å². The lowest BCUT2D eigenvalue weighted by Crippen LogP contribution is -2.59. The highest BCUT2D eigenvalue weighted by atomic mass is 16.5. The lowest BCUT2D eigenvalue weighted by atomic mass is 9.90. The Morgan fingerprint density at radius 2 is 1.52 bits per heavy atom. The SMILES string of the molecule is C=CC(=O)OCC(COC(=O)C=C)N(C(=O)[O-])C(C)(C)c1ccc(C(=C)C)cc1. The number of nitrogens with zero attached hydrogens (tertiary/aromatic N) is 1. The van der Waals surface area contributed by atoms with Crippen molar-refractivity contribution in [3.8, 4) is 0 Å². The molecule has 1 aromatic rings. The van der Waals surface area contributed by atoms with Gasteiger partial charge in [0.1, 0.15) is 19.3 Å². The summed E-state index contributed by atoms with van der Waals surface area (Å²) < 4.78 is 10.0. The van der Waals surface area contributed by atoms with Crippen LogP contribution < -0.4 is 5.11 Å². The Morgan fingerprint density at radius 3 is 1.86 bits per heavy atom. The lowest BCUT2D eigenvalue weighted by Gasteiger charge is -2.45. The van der Waals surface area contributed by atoms with Crippen LogP contribution in [0.1, 0.15) is 31.9 Å². The third-order valence-electron chi connectivity index (χ3n) is 4.42. The Balaban J connectivity index is 3.27. The van der Waals surface area contributed by atoms with Crippen molar-refractivity contribution in [3.05, 3.63) is 67.3 Å². The fourth-order valence-corrected chi connectivity index (χ4v) is 2.81. The molecule has 0 spiro atoms. The fraction of sp³-hybridized carbons (Fsp3) is 0.318. The Labute approximate surface area is 170 Å². The molecule has 1 aromatic carbocycles. The number of amides is 1. The van der Waals surface area contributed by atoms with Crippen molar-refractivity contribution in [2.45, 2.75) is 32.4 Å². The van der Waals surface area contributed by atoms with E-state index >= 15 is 0 Å². The van der Waals surface area contributed by atoms with Crippen LogP contribution in [0.5, 0.6) is 0 Å². The number of carbonyl (C=O) groups is 3. The Bertz CT molecular complexity index is 770. The molecule has 0 aliphatic carbocycles. The largest absolute Gasteiger partial charge is 0.530 e. The van der Waals surface area contributed by atoms with E-state index in [1.54, 1.807) is 26.0 Å². The number of allylic oxidation sites excluding steroid dienone is 1. The number of hydrogen-bond acceptors (Lipinski definition) is 6. The molecule has 156 valence electrons. The summed E-state index contributed by atoms with van der Waals surface area (Å²) in [6.07, 6.45) is 0.406. The van der Waals surface area contributed by atoms with E-state index in [2.05, 4.69) is 19.7 Å². The van der Waals surface area contributed by atoms with Gasteiger partial charge in [-0.25, -0.2) is 9.59 Å². The smallest absolute Gasteiger partial charge is 0.330 e. The van der Waals surface area contributed by atoms with Crippen LogP contribution in [0.3, 0.4) is 0 Å². The van der Waals surface area contributed by atoms with Gasteiger partial charge in [0.2, 0.25) is 0 Å². The number of ether oxygens (including phenoxy) is 2. The highest BCUT2D eigenvalue weighted by Gasteiger charge is 2.35. The average Bonchev–Trinajstić information content (AvgIpc) is 2.68. The van der Waals surface area contributed by atoms with E-state index < -0.39 is 29.6 Å². The van der Waals surface area contributed by atoms with Gasteiger partial charge in [0, 0.05) is 12.2 Å². The molecule has 29 heavy (non-hydrogen) atoms. The number of carbonyl (C=O) groups excluding carboxylic acids is 3. The minimum atomic E-state index is -1.51. The Kier molecular flexibility index (Phi) is 8.38. The van der Waals surface area contributed by atoms with Gasteiger partial charge in [-0.1, -0.05) is 49.6 Å². The second kappa shape index (κ2) is 10.3. The van der Waals surface area contributed by atoms with Gasteiger partial charge in [0.05, 0.1) is 11.6 Å². The molecule has 0 aliphatic rings. The molecule has 0 radical (unpaired) electrons. The molecule has 0 heterocycles. The van der Waals surface area contributed by atoms with Gasteiger partial charge in [-0.2, -0.15) is 0 Å². The van der Waals surface area contributed by atoms with Gasteiger partial charge in [-0.3, -0.25) is 0 Å². The third kappa shape index (κ3) is 6.34. The van der Waals surface area contributed by atoms with Crippen LogP contribution >= 0.6 is 0 Å². The molecule has 1 rings (SSSR count). The van der Waals surface area contributed by atoms with Crippen LogP contribution in [-0.2, 0) is 24.6 Å². The number of benzene rings is 1. The summed E-state index contributed by atoms with van der Waals surface area (Å²) >= 11 is 0. The second-order valence-electron chi connectivity index (χ2n) is 6.87. The van der Waals surface area contributed by atoms with E-state index in [1.807, 2.05) is 19.1 Å². The summed E-state index contributed by atoms with van der Waals surface area (Å²) in [4.78, 5) is 36.0. The van der Waals surface area contributed by atoms with E-state index in [9.17, 15) is 19.5 Å². The predicted octanol–water partition coefficient (Wildman–Crippen LogP) is 2.43. The van der Waals surface area contributed by atoms with Crippen LogP contribution in [0.4, 0.5) is 4.79 Å². The Hall–Kier alpha value is -3.35. The molecule has 0 unspecified atom stereocenters. The first-order valence-corrected chi connectivity index (χ1v) is 8.89. The van der Waals surface area contributed by atoms with Crippen molar-refractivity contribution in [1.82, 2.24) is 4.90 Å². The van der Waals surface area contributed by atoms with Crippen LogP contribution in [0.15, 0.2) is 56.2 Å². The minimum absolute atomic E-state index is 0.351. The quantitative estimate of drug-likeness (QED) is 0.442. The zero-order valence-electron chi connectivity index (χ0n) is 17.0. The summed E-state index contributed by atoms with van der Waals surface area (Å²) in [5.41, 5.74) is 1.37. The van der Waals surface area contributed by atoms with Gasteiger partial charge < -0.3 is 24.3 Å². The monoisotopic (exact) mass is 400 g/mol. The maximum atomic E-state index is 12.0. The van der Waals surface area contributed by atoms with Gasteiger partial charge in [-0.05, 0) is 31.9 Å². The average molecular weight is 400 g/mol. The van der Waals surface area contributed by atoms with Crippen LogP contribution in [0.2, 0.25) is 0 Å². The van der Waals surface area contributed by atoms with E-state index in [1.165, 1.54) is 0 Å². The molecule has 7 heteroatoms. The van der Waals surface area contributed by atoms with Crippen molar-refractivity contribution in [3.63, 3.8) is 0 Å². The highest BCUT2D eigenvalue weighted by molar-refractivity contribution is 5.81. The third-order valence-corrected chi connectivity index (χ3v) is 4.42. The molecule has 0 saturated carbocycles. The number of rotatable bonds is 10. The zero-order chi connectivity index (χ0) is 22.2. The highest BCUT2D eigenvalue weighted by Crippen LogP contribution is 2.31. The summed E-state index contributed by atoms with van der Waals surface area (Å²) in [6, 6.07) is 6.21. The van der Waals surface area contributed by atoms with Gasteiger partial charge in [0.25, 0.3) is 0 Å². The zero-order valence-corrected chi connectivity index (χ0v) is 17.0.